The van der Waals surface area contributed by atoms with E-state index in [1.54, 1.807) is 29.1 Å². The van der Waals surface area contributed by atoms with E-state index in [9.17, 15) is 5.11 Å². The molecule has 0 spiro atoms. The van der Waals surface area contributed by atoms with Gasteiger partial charge in [-0.2, -0.15) is 5.10 Å². The third-order valence-electron chi connectivity index (χ3n) is 4.63. The Balaban J connectivity index is 1.93. The monoisotopic (exact) mass is 428 g/mol. The van der Waals surface area contributed by atoms with Gasteiger partial charge in [0.05, 0.1) is 22.4 Å². The Kier molecular flexibility index (Phi) is 5.10. The lowest BCUT2D eigenvalue weighted by molar-refractivity contribution is 0.510. The van der Waals surface area contributed by atoms with Gasteiger partial charge in [-0.3, -0.25) is 4.68 Å². The Morgan fingerprint density at radius 3 is 2.79 bits per heavy atom. The summed E-state index contributed by atoms with van der Waals surface area (Å²) in [5.74, 6) is -0.579. The Morgan fingerprint density at radius 1 is 1.31 bits per heavy atom. The number of rotatable bonds is 5. The van der Waals surface area contributed by atoms with Crippen LogP contribution < -0.4 is 0 Å². The third-order valence-corrected chi connectivity index (χ3v) is 6.08. The van der Waals surface area contributed by atoms with Crippen molar-refractivity contribution < 1.29 is 9.50 Å². The van der Waals surface area contributed by atoms with Gasteiger partial charge in [0.1, 0.15) is 16.5 Å². The van der Waals surface area contributed by atoms with Crippen LogP contribution in [0.5, 0.6) is 0 Å². The predicted octanol–water partition coefficient (Wildman–Crippen LogP) is 6.02. The molecule has 0 bridgehead atoms. The first-order valence-corrected chi connectivity index (χ1v) is 10.1. The molecule has 0 saturated heterocycles. The summed E-state index contributed by atoms with van der Waals surface area (Å²) in [5, 5.41) is 15.4. The Labute approximate surface area is 176 Å². The van der Waals surface area contributed by atoms with Gasteiger partial charge in [-0.25, -0.2) is 9.37 Å². The minimum Gasteiger partial charge on any atom is -0.506 e. The number of aliphatic hydroxyl groups is 1. The highest BCUT2D eigenvalue weighted by molar-refractivity contribution is 7.99. The largest absolute Gasteiger partial charge is 0.506 e. The van der Waals surface area contributed by atoms with Crippen LogP contribution in [-0.4, -0.2) is 24.4 Å². The molecule has 0 aliphatic heterocycles. The van der Waals surface area contributed by atoms with Crippen molar-refractivity contribution in [3.63, 3.8) is 0 Å². The summed E-state index contributed by atoms with van der Waals surface area (Å²) in [6.07, 6.45) is 3.58. The first kappa shape index (κ1) is 19.5. The molecule has 3 aromatic heterocycles. The van der Waals surface area contributed by atoms with Crippen molar-refractivity contribution in [2.24, 2.45) is 0 Å². The normalized spacial score (nSPS) is 11.3. The van der Waals surface area contributed by atoms with Gasteiger partial charge < -0.3 is 9.67 Å². The van der Waals surface area contributed by atoms with Crippen molar-refractivity contribution >= 4 is 40.0 Å². The number of pyridine rings is 1. The summed E-state index contributed by atoms with van der Waals surface area (Å²) in [5.41, 5.74) is 2.40. The molecule has 0 saturated carbocycles. The molecule has 0 radical (unpaired) electrons. The maximum atomic E-state index is 15.1. The first-order chi connectivity index (χ1) is 13.9. The van der Waals surface area contributed by atoms with Gasteiger partial charge in [0.2, 0.25) is 0 Å². The van der Waals surface area contributed by atoms with Crippen molar-refractivity contribution in [3.05, 3.63) is 71.5 Å². The molecule has 4 aromatic rings. The number of benzene rings is 1. The molecular weight excluding hydrogens is 411 g/mol. The van der Waals surface area contributed by atoms with E-state index in [0.717, 1.165) is 21.7 Å². The Hall–Kier alpha value is -2.77. The lowest BCUT2D eigenvalue weighted by Crippen LogP contribution is -1.98. The molecule has 3 heterocycles. The van der Waals surface area contributed by atoms with Gasteiger partial charge in [0.25, 0.3) is 0 Å². The van der Waals surface area contributed by atoms with E-state index in [4.69, 9.17) is 11.6 Å². The van der Waals surface area contributed by atoms with Crippen LogP contribution in [0.3, 0.4) is 0 Å². The number of nitrogens with zero attached hydrogens (tertiary/aromatic N) is 4. The maximum absolute atomic E-state index is 15.1. The SMILES string of the molecule is C=C(O)c1cccc(Sc2c(C)n(-c3cnn(CC)c3)c3c(F)c(Cl)ccc23)n1. The van der Waals surface area contributed by atoms with E-state index >= 15 is 4.39 Å². The Bertz CT molecular complexity index is 1250. The first-order valence-electron chi connectivity index (χ1n) is 8.95. The summed E-state index contributed by atoms with van der Waals surface area (Å²) < 4.78 is 18.7. The quantitative estimate of drug-likeness (QED) is 0.395. The standard InChI is InChI=1S/C21H18ClFN4OS/c1-4-26-11-14(10-24-26)27-12(2)21(15-8-9-16(22)19(23)20(15)27)29-18-7-5-6-17(25-18)13(3)28/h5-11,28H,3-4H2,1-2H3. The molecular formula is C21H18ClFN4OS. The van der Waals surface area contributed by atoms with E-state index in [2.05, 4.69) is 16.7 Å². The van der Waals surface area contributed by atoms with Crippen molar-refractivity contribution in [1.29, 1.82) is 0 Å². The molecule has 4 rings (SSSR count). The molecule has 0 atom stereocenters. The van der Waals surface area contributed by atoms with Crippen molar-refractivity contribution in [3.8, 4) is 5.69 Å². The van der Waals surface area contributed by atoms with Gasteiger partial charge in [0.15, 0.2) is 5.82 Å². The molecule has 0 unspecified atom stereocenters. The molecule has 0 fully saturated rings. The predicted molar refractivity (Wildman–Crippen MR) is 114 cm³/mol. The van der Waals surface area contributed by atoms with Gasteiger partial charge in [-0.15, -0.1) is 0 Å². The summed E-state index contributed by atoms with van der Waals surface area (Å²) in [7, 11) is 0. The number of fused-ring (bicyclic) bond motifs is 1. The van der Waals surface area contributed by atoms with Crippen molar-refractivity contribution in [1.82, 2.24) is 19.3 Å². The van der Waals surface area contributed by atoms with E-state index in [1.807, 2.05) is 36.7 Å². The van der Waals surface area contributed by atoms with E-state index in [0.29, 0.717) is 22.8 Å². The lowest BCUT2D eigenvalue weighted by Gasteiger charge is -2.07. The second-order valence-electron chi connectivity index (χ2n) is 6.47. The van der Waals surface area contributed by atoms with Crippen LogP contribution in [0.2, 0.25) is 5.02 Å². The second-order valence-corrected chi connectivity index (χ2v) is 7.91. The highest BCUT2D eigenvalue weighted by Gasteiger charge is 2.22. The fraction of sp³-hybridized carbons (Fsp3) is 0.143. The van der Waals surface area contributed by atoms with Crippen LogP contribution in [-0.2, 0) is 6.54 Å². The molecule has 1 N–H and O–H groups in total. The van der Waals surface area contributed by atoms with Crippen LogP contribution in [0.1, 0.15) is 18.3 Å². The smallest absolute Gasteiger partial charge is 0.166 e. The second kappa shape index (κ2) is 7.57. The van der Waals surface area contributed by atoms with Crippen LogP contribution in [0, 0.1) is 12.7 Å². The minimum atomic E-state index is -0.478. The highest BCUT2D eigenvalue weighted by atomic mass is 35.5. The number of aliphatic hydroxyl groups excluding tert-OH is 1. The summed E-state index contributed by atoms with van der Waals surface area (Å²) >= 11 is 7.49. The molecule has 0 aliphatic carbocycles. The molecule has 5 nitrogen and oxygen atoms in total. The zero-order valence-electron chi connectivity index (χ0n) is 15.9. The van der Waals surface area contributed by atoms with Gasteiger partial charge in [-0.1, -0.05) is 36.0 Å². The van der Waals surface area contributed by atoms with Crippen LogP contribution in [0.25, 0.3) is 22.3 Å². The zero-order valence-corrected chi connectivity index (χ0v) is 17.4. The number of halogens is 2. The minimum absolute atomic E-state index is 0.0624. The average molecular weight is 429 g/mol. The van der Waals surface area contributed by atoms with Crippen LogP contribution in [0.15, 0.2) is 59.2 Å². The van der Waals surface area contributed by atoms with Crippen LogP contribution >= 0.6 is 23.4 Å². The zero-order chi connectivity index (χ0) is 20.7. The number of hydrogen-bond acceptors (Lipinski definition) is 4. The third kappa shape index (κ3) is 3.41. The summed E-state index contributed by atoms with van der Waals surface area (Å²) in [6.45, 7) is 8.15. The fourth-order valence-corrected chi connectivity index (χ4v) is 4.40. The fourth-order valence-electron chi connectivity index (χ4n) is 3.24. The van der Waals surface area contributed by atoms with E-state index in [-0.39, 0.29) is 10.8 Å². The maximum Gasteiger partial charge on any atom is 0.166 e. The summed E-state index contributed by atoms with van der Waals surface area (Å²) in [6, 6.07) is 8.68. The molecule has 148 valence electrons. The van der Waals surface area contributed by atoms with Crippen molar-refractivity contribution in [2.45, 2.75) is 30.3 Å². The van der Waals surface area contributed by atoms with Crippen molar-refractivity contribution in [2.75, 3.05) is 0 Å². The van der Waals surface area contributed by atoms with Gasteiger partial charge >= 0.3 is 0 Å². The molecule has 0 aliphatic rings. The molecule has 0 amide bonds. The topological polar surface area (TPSA) is 55.9 Å². The number of aromatic nitrogens is 4. The van der Waals surface area contributed by atoms with E-state index < -0.39 is 5.82 Å². The highest BCUT2D eigenvalue weighted by Crippen LogP contribution is 2.41. The van der Waals surface area contributed by atoms with Gasteiger partial charge in [0, 0.05) is 28.7 Å². The summed E-state index contributed by atoms with van der Waals surface area (Å²) in [4.78, 5) is 5.28. The Morgan fingerprint density at radius 2 is 2.10 bits per heavy atom. The molecule has 8 heteroatoms. The number of aryl methyl sites for hydroxylation is 1. The lowest BCUT2D eigenvalue weighted by atomic mass is 10.2. The average Bonchev–Trinajstić information content (AvgIpc) is 3.28. The number of hydrogen-bond donors (Lipinski definition) is 1. The van der Waals surface area contributed by atoms with E-state index in [1.165, 1.54) is 11.8 Å². The molecule has 29 heavy (non-hydrogen) atoms. The molecule has 1 aromatic carbocycles. The van der Waals surface area contributed by atoms with Crippen LogP contribution in [0.4, 0.5) is 4.39 Å². The van der Waals surface area contributed by atoms with Gasteiger partial charge in [-0.05, 0) is 38.1 Å².